The molecule has 1 saturated heterocycles. The number of nitrogens with one attached hydrogen (secondary N) is 2. The molecule has 1 aliphatic carbocycles. The number of hydrogen-bond donors (Lipinski definition) is 3. The van der Waals surface area contributed by atoms with Crippen LogP contribution in [0.5, 0.6) is 5.75 Å². The number of nitrogens with zero attached hydrogens (tertiary/aromatic N) is 1. The van der Waals surface area contributed by atoms with Crippen LogP contribution in [0.25, 0.3) is 0 Å². The lowest BCUT2D eigenvalue weighted by Crippen LogP contribution is -2.36. The molecule has 23 heavy (non-hydrogen) atoms. The largest absolute Gasteiger partial charge is 0.507 e. The summed E-state index contributed by atoms with van der Waals surface area (Å²) >= 11 is 0. The Bertz CT molecular complexity index is 607. The van der Waals surface area contributed by atoms with Crippen LogP contribution in [0.4, 0.5) is 0 Å². The van der Waals surface area contributed by atoms with Gasteiger partial charge < -0.3 is 20.3 Å². The van der Waals surface area contributed by atoms with Crippen molar-refractivity contribution in [3.8, 4) is 5.75 Å². The summed E-state index contributed by atoms with van der Waals surface area (Å²) in [6.07, 6.45) is 9.04. The van der Waals surface area contributed by atoms with Crippen molar-refractivity contribution in [2.24, 2.45) is 5.92 Å². The molecule has 1 saturated carbocycles. The van der Waals surface area contributed by atoms with Crippen LogP contribution in [0.15, 0.2) is 17.1 Å². The van der Waals surface area contributed by atoms with Gasteiger partial charge in [-0.2, -0.15) is 0 Å². The van der Waals surface area contributed by atoms with Gasteiger partial charge in [-0.3, -0.25) is 9.59 Å². The zero-order valence-corrected chi connectivity index (χ0v) is 13.4. The number of carbonyl (C=O) groups excluding carboxylic acids is 1. The van der Waals surface area contributed by atoms with E-state index >= 15 is 0 Å². The van der Waals surface area contributed by atoms with E-state index in [9.17, 15) is 14.7 Å². The van der Waals surface area contributed by atoms with Crippen LogP contribution < -0.4 is 10.9 Å². The molecule has 2 fully saturated rings. The summed E-state index contributed by atoms with van der Waals surface area (Å²) in [5, 5.41) is 12.6. The molecule has 1 aromatic rings. The Morgan fingerprint density at radius 1 is 1.30 bits per heavy atom. The second-order valence-electron chi connectivity index (χ2n) is 6.75. The van der Waals surface area contributed by atoms with Crippen LogP contribution in [0.3, 0.4) is 0 Å². The number of H-pyrrole nitrogens is 1. The lowest BCUT2D eigenvalue weighted by Gasteiger charge is -2.31. The summed E-state index contributed by atoms with van der Waals surface area (Å²) in [5.41, 5.74) is -0.301. The van der Waals surface area contributed by atoms with E-state index in [1.807, 2.05) is 0 Å². The van der Waals surface area contributed by atoms with E-state index in [4.69, 9.17) is 0 Å². The van der Waals surface area contributed by atoms with Crippen LogP contribution in [-0.2, 0) is 0 Å². The number of pyridine rings is 1. The lowest BCUT2D eigenvalue weighted by atomic mass is 9.94. The van der Waals surface area contributed by atoms with E-state index in [2.05, 4.69) is 15.2 Å². The Labute approximate surface area is 135 Å². The molecule has 3 N–H and O–H groups in total. The normalized spacial score (nSPS) is 23.0. The van der Waals surface area contributed by atoms with Gasteiger partial charge in [0.2, 0.25) is 0 Å². The van der Waals surface area contributed by atoms with E-state index in [1.54, 1.807) is 0 Å². The quantitative estimate of drug-likeness (QED) is 0.784. The maximum Gasteiger partial charge on any atom is 0.256 e. The molecule has 0 spiro atoms. The second kappa shape index (κ2) is 7.17. The Morgan fingerprint density at radius 3 is 2.83 bits per heavy atom. The topological polar surface area (TPSA) is 85.4 Å². The highest BCUT2D eigenvalue weighted by Gasteiger charge is 2.29. The minimum Gasteiger partial charge on any atom is -0.507 e. The fraction of sp³-hybridized carbons (Fsp3) is 0.647. The molecule has 3 rings (SSSR count). The van der Waals surface area contributed by atoms with Gasteiger partial charge in [0.05, 0.1) is 5.56 Å². The molecule has 6 heteroatoms. The highest BCUT2D eigenvalue weighted by atomic mass is 16.3. The predicted octanol–water partition coefficient (Wildman–Crippen LogP) is 1.46. The fourth-order valence-corrected chi connectivity index (χ4v) is 3.78. The molecule has 0 aromatic carbocycles. The minimum absolute atomic E-state index is 0.117. The molecule has 2 aliphatic rings. The average Bonchev–Trinajstić information content (AvgIpc) is 3.02. The van der Waals surface area contributed by atoms with E-state index in [0.717, 1.165) is 31.6 Å². The van der Waals surface area contributed by atoms with Gasteiger partial charge in [-0.1, -0.05) is 19.3 Å². The summed E-state index contributed by atoms with van der Waals surface area (Å²) < 4.78 is 0. The average molecular weight is 319 g/mol. The van der Waals surface area contributed by atoms with Crippen LogP contribution in [0.2, 0.25) is 0 Å². The number of carbonyl (C=O) groups is 1. The van der Waals surface area contributed by atoms with Crippen molar-refractivity contribution >= 4 is 5.91 Å². The Hall–Kier alpha value is -1.82. The molecular formula is C17H25N3O3. The second-order valence-corrected chi connectivity index (χ2v) is 6.75. The lowest BCUT2D eigenvalue weighted by molar-refractivity contribution is 0.0943. The van der Waals surface area contributed by atoms with Crippen LogP contribution >= 0.6 is 0 Å². The number of rotatable bonds is 4. The third-order valence-electron chi connectivity index (χ3n) is 5.11. The molecule has 1 unspecified atom stereocenters. The molecular weight excluding hydrogens is 294 g/mol. The minimum atomic E-state index is -0.419. The predicted molar refractivity (Wildman–Crippen MR) is 87.6 cm³/mol. The van der Waals surface area contributed by atoms with Crippen molar-refractivity contribution in [1.29, 1.82) is 0 Å². The number of hydrogen-bond acceptors (Lipinski definition) is 4. The zero-order chi connectivity index (χ0) is 16.2. The standard InChI is InChI=1S/C17H25N3O3/c21-15-8-16(22)18-10-14(15)17(23)19-9-12-6-7-20(11-12)13-4-2-1-3-5-13/h8,10,12-13H,1-7,9,11H2,(H,19,23)(H2,18,21,22). The Morgan fingerprint density at radius 2 is 2.09 bits per heavy atom. The Balaban J connectivity index is 1.49. The van der Waals surface area contributed by atoms with Gasteiger partial charge >= 0.3 is 0 Å². The highest BCUT2D eigenvalue weighted by molar-refractivity contribution is 5.96. The third-order valence-corrected chi connectivity index (χ3v) is 5.11. The van der Waals surface area contributed by atoms with Crippen molar-refractivity contribution in [2.45, 2.75) is 44.6 Å². The molecule has 126 valence electrons. The van der Waals surface area contributed by atoms with E-state index in [0.29, 0.717) is 12.5 Å². The van der Waals surface area contributed by atoms with E-state index in [1.165, 1.54) is 38.3 Å². The van der Waals surface area contributed by atoms with Crippen molar-refractivity contribution in [2.75, 3.05) is 19.6 Å². The molecule has 1 aliphatic heterocycles. The molecule has 2 heterocycles. The van der Waals surface area contributed by atoms with Gasteiger partial charge in [0.25, 0.3) is 11.5 Å². The zero-order valence-electron chi connectivity index (χ0n) is 13.4. The SMILES string of the molecule is O=C(NCC1CCN(C2CCCCC2)C1)c1c[nH]c(=O)cc1O. The molecule has 0 bridgehead atoms. The maximum atomic E-state index is 12.1. The summed E-state index contributed by atoms with van der Waals surface area (Å²) in [6, 6.07) is 1.75. The molecule has 6 nitrogen and oxygen atoms in total. The summed E-state index contributed by atoms with van der Waals surface area (Å²) in [7, 11) is 0. The number of aromatic hydroxyl groups is 1. The number of amides is 1. The Kier molecular flexibility index (Phi) is 5.00. The van der Waals surface area contributed by atoms with Crippen molar-refractivity contribution in [3.63, 3.8) is 0 Å². The summed E-state index contributed by atoms with van der Waals surface area (Å²) in [4.78, 5) is 28.2. The third kappa shape index (κ3) is 3.93. The summed E-state index contributed by atoms with van der Waals surface area (Å²) in [5.74, 6) is -0.151. The first-order chi connectivity index (χ1) is 11.1. The van der Waals surface area contributed by atoms with Gasteiger partial charge in [-0.05, 0) is 31.7 Å². The fourth-order valence-electron chi connectivity index (χ4n) is 3.78. The van der Waals surface area contributed by atoms with Crippen molar-refractivity contribution in [1.82, 2.24) is 15.2 Å². The van der Waals surface area contributed by atoms with Crippen LogP contribution in [0.1, 0.15) is 48.9 Å². The van der Waals surface area contributed by atoms with Gasteiger partial charge in [-0.15, -0.1) is 0 Å². The van der Waals surface area contributed by atoms with E-state index < -0.39 is 5.56 Å². The summed E-state index contributed by atoms with van der Waals surface area (Å²) in [6.45, 7) is 2.78. The van der Waals surface area contributed by atoms with Crippen LogP contribution in [0, 0.1) is 5.92 Å². The molecule has 0 radical (unpaired) electrons. The molecule has 1 aromatic heterocycles. The van der Waals surface area contributed by atoms with Gasteiger partial charge in [0, 0.05) is 31.4 Å². The van der Waals surface area contributed by atoms with Gasteiger partial charge in [-0.25, -0.2) is 0 Å². The number of aromatic amines is 1. The van der Waals surface area contributed by atoms with Crippen molar-refractivity contribution in [3.05, 3.63) is 28.2 Å². The number of likely N-dealkylation sites (tertiary alicyclic amines) is 1. The smallest absolute Gasteiger partial charge is 0.256 e. The first kappa shape index (κ1) is 16.1. The van der Waals surface area contributed by atoms with Crippen molar-refractivity contribution < 1.29 is 9.90 Å². The maximum absolute atomic E-state index is 12.1. The van der Waals surface area contributed by atoms with Crippen LogP contribution in [-0.4, -0.2) is 46.6 Å². The number of aromatic nitrogens is 1. The first-order valence-electron chi connectivity index (χ1n) is 8.57. The highest BCUT2D eigenvalue weighted by Crippen LogP contribution is 2.27. The van der Waals surface area contributed by atoms with Gasteiger partial charge in [0.1, 0.15) is 5.75 Å². The van der Waals surface area contributed by atoms with Gasteiger partial charge in [0.15, 0.2) is 0 Å². The molecule has 1 atom stereocenters. The molecule has 1 amide bonds. The monoisotopic (exact) mass is 319 g/mol. The first-order valence-corrected chi connectivity index (χ1v) is 8.57. The van der Waals surface area contributed by atoms with E-state index in [-0.39, 0.29) is 17.2 Å².